The van der Waals surface area contributed by atoms with Gasteiger partial charge >= 0.3 is 6.09 Å². The molecule has 2 amide bonds. The van der Waals surface area contributed by atoms with Crippen LogP contribution >= 0.6 is 12.2 Å². The summed E-state index contributed by atoms with van der Waals surface area (Å²) in [4.78, 5) is 26.9. The second-order valence-corrected chi connectivity index (χ2v) is 5.45. The molecule has 0 atom stereocenters. The van der Waals surface area contributed by atoms with Crippen LogP contribution in [0, 0.1) is 11.6 Å². The number of piperazine rings is 1. The fourth-order valence-electron chi connectivity index (χ4n) is 2.19. The summed E-state index contributed by atoms with van der Waals surface area (Å²) < 4.78 is 31.0. The summed E-state index contributed by atoms with van der Waals surface area (Å²) in [7, 11) is 0. The summed E-state index contributed by atoms with van der Waals surface area (Å²) in [5.74, 6) is -2.74. The number of rotatable bonds is 2. The van der Waals surface area contributed by atoms with E-state index in [1.165, 1.54) is 6.07 Å². The lowest BCUT2D eigenvalue weighted by atomic mass is 10.2. The molecule has 1 fully saturated rings. The van der Waals surface area contributed by atoms with E-state index in [0.717, 1.165) is 12.1 Å². The minimum Gasteiger partial charge on any atom is -0.450 e. The Labute approximate surface area is 143 Å². The Morgan fingerprint density at radius 3 is 2.38 bits per heavy atom. The van der Waals surface area contributed by atoms with Crippen LogP contribution in [0.2, 0.25) is 0 Å². The van der Waals surface area contributed by atoms with Gasteiger partial charge in [0.2, 0.25) is 0 Å². The molecule has 1 aliphatic heterocycles. The number of thiocarbonyl (C=S) groups is 1. The second-order valence-electron chi connectivity index (χ2n) is 5.06. The predicted molar refractivity (Wildman–Crippen MR) is 86.6 cm³/mol. The minimum atomic E-state index is -1.10. The molecule has 0 aliphatic carbocycles. The maximum Gasteiger partial charge on any atom is 0.409 e. The van der Waals surface area contributed by atoms with E-state index in [0.29, 0.717) is 32.8 Å². The van der Waals surface area contributed by atoms with Gasteiger partial charge in [0, 0.05) is 31.7 Å². The Balaban J connectivity index is 1.88. The van der Waals surface area contributed by atoms with Gasteiger partial charge in [-0.05, 0) is 37.3 Å². The molecule has 1 heterocycles. The number of carbonyl (C=O) groups excluding carboxylic acids is 2. The first kappa shape index (κ1) is 18.1. The molecular weight excluding hydrogens is 340 g/mol. The highest BCUT2D eigenvalue weighted by molar-refractivity contribution is 7.80. The summed E-state index contributed by atoms with van der Waals surface area (Å²) >= 11 is 5.16. The molecule has 0 saturated carbocycles. The van der Waals surface area contributed by atoms with Gasteiger partial charge in [-0.1, -0.05) is 0 Å². The zero-order valence-electron chi connectivity index (χ0n) is 13.1. The molecule has 2 rings (SSSR count). The topological polar surface area (TPSA) is 61.9 Å². The standard InChI is InChI=1S/C15H17F2N3O3S/c1-2-23-15(22)20-7-5-19(6-8-20)14(24)18-13(21)10-3-4-11(16)12(17)9-10/h3-4,9H,2,5-8H2,1H3,(H,18,21,24). The van der Waals surface area contributed by atoms with Gasteiger partial charge < -0.3 is 14.5 Å². The summed E-state index contributed by atoms with van der Waals surface area (Å²) in [5.41, 5.74) is -0.0265. The third-order valence-electron chi connectivity index (χ3n) is 3.50. The Kier molecular flexibility index (Phi) is 6.02. The minimum absolute atomic E-state index is 0.0265. The Hall–Kier alpha value is -2.29. The van der Waals surface area contributed by atoms with Gasteiger partial charge in [0.1, 0.15) is 0 Å². The van der Waals surface area contributed by atoms with Crippen molar-refractivity contribution in [1.82, 2.24) is 15.1 Å². The van der Waals surface area contributed by atoms with E-state index < -0.39 is 17.5 Å². The summed E-state index contributed by atoms with van der Waals surface area (Å²) in [6.45, 7) is 3.75. The number of nitrogens with one attached hydrogen (secondary N) is 1. The lowest BCUT2D eigenvalue weighted by molar-refractivity contribution is 0.0897. The normalized spacial score (nSPS) is 14.3. The molecule has 24 heavy (non-hydrogen) atoms. The highest BCUT2D eigenvalue weighted by atomic mass is 32.1. The molecule has 1 saturated heterocycles. The van der Waals surface area contributed by atoms with E-state index in [-0.39, 0.29) is 16.8 Å². The average molecular weight is 357 g/mol. The predicted octanol–water partition coefficient (Wildman–Crippen LogP) is 1.75. The third-order valence-corrected chi connectivity index (χ3v) is 3.86. The number of amides is 2. The van der Waals surface area contributed by atoms with E-state index in [4.69, 9.17) is 17.0 Å². The number of halogens is 2. The van der Waals surface area contributed by atoms with E-state index in [1.54, 1.807) is 16.7 Å². The fourth-order valence-corrected chi connectivity index (χ4v) is 2.47. The zero-order valence-corrected chi connectivity index (χ0v) is 13.9. The van der Waals surface area contributed by atoms with Gasteiger partial charge in [0.05, 0.1) is 6.61 Å². The largest absolute Gasteiger partial charge is 0.450 e. The Morgan fingerprint density at radius 1 is 1.17 bits per heavy atom. The van der Waals surface area contributed by atoms with Gasteiger partial charge in [-0.2, -0.15) is 0 Å². The highest BCUT2D eigenvalue weighted by Gasteiger charge is 2.24. The van der Waals surface area contributed by atoms with Gasteiger partial charge in [0.25, 0.3) is 5.91 Å². The highest BCUT2D eigenvalue weighted by Crippen LogP contribution is 2.09. The number of hydrogen-bond acceptors (Lipinski definition) is 4. The molecule has 1 aromatic rings. The van der Waals surface area contributed by atoms with Crippen LogP contribution in [0.3, 0.4) is 0 Å². The molecule has 0 radical (unpaired) electrons. The molecule has 0 aromatic heterocycles. The van der Waals surface area contributed by atoms with Gasteiger partial charge in [-0.15, -0.1) is 0 Å². The van der Waals surface area contributed by atoms with E-state index in [9.17, 15) is 18.4 Å². The monoisotopic (exact) mass is 357 g/mol. The first-order valence-electron chi connectivity index (χ1n) is 7.39. The number of benzene rings is 1. The Morgan fingerprint density at radius 2 is 1.79 bits per heavy atom. The second kappa shape index (κ2) is 8.00. The smallest absolute Gasteiger partial charge is 0.409 e. The lowest BCUT2D eigenvalue weighted by Gasteiger charge is -2.35. The van der Waals surface area contributed by atoms with Crippen LogP contribution in [0.5, 0.6) is 0 Å². The SMILES string of the molecule is CCOC(=O)N1CCN(C(=S)NC(=O)c2ccc(F)c(F)c2)CC1. The van der Waals surface area contributed by atoms with Gasteiger partial charge in [-0.25, -0.2) is 13.6 Å². The van der Waals surface area contributed by atoms with Crippen LogP contribution in [0.1, 0.15) is 17.3 Å². The number of carbonyl (C=O) groups is 2. The fraction of sp³-hybridized carbons (Fsp3) is 0.400. The van der Waals surface area contributed by atoms with Crippen LogP contribution in [0.4, 0.5) is 13.6 Å². The summed E-state index contributed by atoms with van der Waals surface area (Å²) in [6.07, 6.45) is -0.381. The molecule has 1 aliphatic rings. The number of nitrogens with zero attached hydrogens (tertiary/aromatic N) is 2. The average Bonchev–Trinajstić information content (AvgIpc) is 2.57. The van der Waals surface area contributed by atoms with E-state index in [2.05, 4.69) is 5.32 Å². The Bertz CT molecular complexity index is 649. The van der Waals surface area contributed by atoms with E-state index >= 15 is 0 Å². The third kappa shape index (κ3) is 4.38. The molecular formula is C15H17F2N3O3S. The molecule has 9 heteroatoms. The van der Waals surface area contributed by atoms with Crippen molar-refractivity contribution >= 4 is 29.3 Å². The number of ether oxygens (including phenoxy) is 1. The van der Waals surface area contributed by atoms with Crippen molar-refractivity contribution in [3.05, 3.63) is 35.4 Å². The maximum absolute atomic E-state index is 13.2. The lowest BCUT2D eigenvalue weighted by Crippen LogP contribution is -2.54. The van der Waals surface area contributed by atoms with Crippen LogP contribution in [0.15, 0.2) is 18.2 Å². The molecule has 0 unspecified atom stereocenters. The van der Waals surface area contributed by atoms with Gasteiger partial charge in [-0.3, -0.25) is 10.1 Å². The van der Waals surface area contributed by atoms with Crippen LogP contribution in [0.25, 0.3) is 0 Å². The van der Waals surface area contributed by atoms with Crippen molar-refractivity contribution in [3.63, 3.8) is 0 Å². The van der Waals surface area contributed by atoms with Crippen molar-refractivity contribution < 1.29 is 23.1 Å². The van der Waals surface area contributed by atoms with Crippen LogP contribution in [-0.4, -0.2) is 59.7 Å². The molecule has 1 N–H and O–H groups in total. The van der Waals surface area contributed by atoms with Crippen molar-refractivity contribution in [2.45, 2.75) is 6.92 Å². The summed E-state index contributed by atoms with van der Waals surface area (Å²) in [5, 5.41) is 2.65. The molecule has 0 bridgehead atoms. The van der Waals surface area contributed by atoms with Crippen molar-refractivity contribution in [3.8, 4) is 0 Å². The number of hydrogen-bond donors (Lipinski definition) is 1. The zero-order chi connectivity index (χ0) is 17.7. The van der Waals surface area contributed by atoms with Crippen molar-refractivity contribution in [2.24, 2.45) is 0 Å². The summed E-state index contributed by atoms with van der Waals surface area (Å²) in [6, 6.07) is 2.87. The van der Waals surface area contributed by atoms with E-state index in [1.807, 2.05) is 0 Å². The van der Waals surface area contributed by atoms with Crippen LogP contribution in [-0.2, 0) is 4.74 Å². The maximum atomic E-state index is 13.2. The van der Waals surface area contributed by atoms with Crippen LogP contribution < -0.4 is 5.32 Å². The van der Waals surface area contributed by atoms with Crippen molar-refractivity contribution in [1.29, 1.82) is 0 Å². The molecule has 130 valence electrons. The van der Waals surface area contributed by atoms with Gasteiger partial charge in [0.15, 0.2) is 16.7 Å². The van der Waals surface area contributed by atoms with Crippen molar-refractivity contribution in [2.75, 3.05) is 32.8 Å². The quantitative estimate of drug-likeness (QED) is 0.817. The first-order valence-corrected chi connectivity index (χ1v) is 7.80. The molecule has 1 aromatic carbocycles. The molecule has 6 nitrogen and oxygen atoms in total. The molecule has 0 spiro atoms. The first-order chi connectivity index (χ1) is 11.4.